The largest absolute Gasteiger partial charge is 0.479 e. The number of aliphatic carboxylic acids is 1. The third kappa shape index (κ3) is 5.10. The van der Waals surface area contributed by atoms with Crippen LogP contribution in [-0.4, -0.2) is 68.9 Å². The number of nitrogens with one attached hydrogen (secondary N) is 2. The maximum absolute atomic E-state index is 13.1. The Morgan fingerprint density at radius 2 is 1.37 bits per heavy atom. The van der Waals surface area contributed by atoms with Crippen molar-refractivity contribution in [2.75, 3.05) is 10.6 Å². The molecule has 1 aliphatic heterocycles. The van der Waals surface area contributed by atoms with Crippen molar-refractivity contribution in [1.29, 1.82) is 0 Å². The van der Waals surface area contributed by atoms with E-state index in [1.54, 1.807) is 0 Å². The van der Waals surface area contributed by atoms with Gasteiger partial charge in [-0.2, -0.15) is 0 Å². The molecule has 2 aromatic rings. The molecular formula is C23H23FN2O9. The molecule has 186 valence electrons. The molecule has 2 amide bonds. The standard InChI is InChI=1S/C23H23FN2O9/c24-11-1-3-12(4-2-11)25-21(32)23(9-10-23)22(33)26-13-5-7-14(8-6-13)34-20-17(29)15(27)16(28)18(35-20)19(30)31/h1-8,15-18,20,27-29H,9-10H2,(H,25,32)(H,26,33)(H,30,31)/t15-,16-,17+,18-,20+/m0/s1. The first-order valence-electron chi connectivity index (χ1n) is 10.7. The summed E-state index contributed by atoms with van der Waals surface area (Å²) in [6.07, 6.45) is -8.02. The highest BCUT2D eigenvalue weighted by atomic mass is 19.1. The molecule has 4 rings (SSSR count). The molecule has 2 fully saturated rings. The lowest BCUT2D eigenvalue weighted by Gasteiger charge is -2.38. The average molecular weight is 490 g/mol. The van der Waals surface area contributed by atoms with E-state index in [0.29, 0.717) is 24.2 Å². The van der Waals surface area contributed by atoms with Crippen LogP contribution in [0.1, 0.15) is 12.8 Å². The summed E-state index contributed by atoms with van der Waals surface area (Å²) in [6, 6.07) is 10.9. The van der Waals surface area contributed by atoms with Crippen molar-refractivity contribution in [2.24, 2.45) is 5.41 Å². The number of carbonyl (C=O) groups is 3. The number of halogens is 1. The molecule has 1 heterocycles. The minimum absolute atomic E-state index is 0.120. The van der Waals surface area contributed by atoms with Crippen LogP contribution in [0.25, 0.3) is 0 Å². The highest BCUT2D eigenvalue weighted by molar-refractivity contribution is 6.16. The van der Waals surface area contributed by atoms with Gasteiger partial charge in [0.05, 0.1) is 0 Å². The van der Waals surface area contributed by atoms with Crippen LogP contribution in [0.15, 0.2) is 48.5 Å². The molecule has 1 saturated carbocycles. The van der Waals surface area contributed by atoms with Crippen LogP contribution in [-0.2, 0) is 19.1 Å². The molecule has 2 aromatic carbocycles. The minimum atomic E-state index is -1.84. The van der Waals surface area contributed by atoms with Gasteiger partial charge in [0.2, 0.25) is 18.1 Å². The fourth-order valence-electron chi connectivity index (χ4n) is 3.62. The van der Waals surface area contributed by atoms with Crippen LogP contribution in [0.2, 0.25) is 0 Å². The van der Waals surface area contributed by atoms with Crippen molar-refractivity contribution in [2.45, 2.75) is 43.5 Å². The van der Waals surface area contributed by atoms with Gasteiger partial charge in [-0.05, 0) is 61.4 Å². The van der Waals surface area contributed by atoms with E-state index >= 15 is 0 Å². The summed E-state index contributed by atoms with van der Waals surface area (Å²) in [5, 5.41) is 44.0. The Kier molecular flexibility index (Phi) is 6.72. The van der Waals surface area contributed by atoms with Gasteiger partial charge in [0, 0.05) is 11.4 Å². The maximum atomic E-state index is 13.1. The van der Waals surface area contributed by atoms with E-state index < -0.39 is 59.7 Å². The van der Waals surface area contributed by atoms with Gasteiger partial charge in [-0.3, -0.25) is 9.59 Å². The third-order valence-corrected chi connectivity index (χ3v) is 5.90. The van der Waals surface area contributed by atoms with Crippen LogP contribution < -0.4 is 15.4 Å². The van der Waals surface area contributed by atoms with E-state index in [1.165, 1.54) is 48.5 Å². The van der Waals surface area contributed by atoms with Gasteiger partial charge < -0.3 is 40.5 Å². The molecule has 1 saturated heterocycles. The van der Waals surface area contributed by atoms with Crippen molar-refractivity contribution in [3.8, 4) is 5.75 Å². The summed E-state index contributed by atoms with van der Waals surface area (Å²) >= 11 is 0. The first-order chi connectivity index (χ1) is 16.6. The highest BCUT2D eigenvalue weighted by Crippen LogP contribution is 2.47. The summed E-state index contributed by atoms with van der Waals surface area (Å²) in [7, 11) is 0. The van der Waals surface area contributed by atoms with Crippen LogP contribution in [0.4, 0.5) is 15.8 Å². The normalized spacial score (nSPS) is 26.9. The number of hydrogen-bond acceptors (Lipinski definition) is 8. The molecular weight excluding hydrogens is 467 g/mol. The zero-order valence-corrected chi connectivity index (χ0v) is 18.1. The number of carboxylic acid groups (broad SMARTS) is 1. The van der Waals surface area contributed by atoms with Gasteiger partial charge in [-0.25, -0.2) is 9.18 Å². The Bertz CT molecular complexity index is 1100. The topological polar surface area (TPSA) is 175 Å². The molecule has 2 aliphatic rings. The van der Waals surface area contributed by atoms with Crippen molar-refractivity contribution in [1.82, 2.24) is 0 Å². The first kappa shape index (κ1) is 24.5. The van der Waals surface area contributed by atoms with Gasteiger partial charge in [0.1, 0.15) is 35.3 Å². The molecule has 0 aromatic heterocycles. The molecule has 0 bridgehead atoms. The van der Waals surface area contributed by atoms with E-state index in [2.05, 4.69) is 10.6 Å². The summed E-state index contributed by atoms with van der Waals surface area (Å²) in [6.45, 7) is 0. The number of anilines is 2. The number of amides is 2. The predicted molar refractivity (Wildman–Crippen MR) is 117 cm³/mol. The van der Waals surface area contributed by atoms with Crippen LogP contribution in [0.3, 0.4) is 0 Å². The van der Waals surface area contributed by atoms with Gasteiger partial charge >= 0.3 is 5.97 Å². The van der Waals surface area contributed by atoms with E-state index in [0.717, 1.165) is 0 Å². The summed E-state index contributed by atoms with van der Waals surface area (Å²) in [5.41, 5.74) is -0.536. The predicted octanol–water partition coefficient (Wildman–Crippen LogP) is 0.454. The number of rotatable bonds is 7. The fourth-order valence-corrected chi connectivity index (χ4v) is 3.62. The number of carbonyl (C=O) groups excluding carboxylic acids is 2. The second-order valence-electron chi connectivity index (χ2n) is 8.37. The first-order valence-corrected chi connectivity index (χ1v) is 10.7. The van der Waals surface area contributed by atoms with E-state index in [4.69, 9.17) is 14.6 Å². The molecule has 0 radical (unpaired) electrons. The molecule has 12 heteroatoms. The van der Waals surface area contributed by atoms with Crippen molar-refractivity contribution in [3.63, 3.8) is 0 Å². The van der Waals surface area contributed by atoms with Gasteiger partial charge in [-0.15, -0.1) is 0 Å². The minimum Gasteiger partial charge on any atom is -0.479 e. The van der Waals surface area contributed by atoms with E-state index in [1.807, 2.05) is 0 Å². The Hall–Kier alpha value is -3.58. The molecule has 1 aliphatic carbocycles. The molecule has 0 spiro atoms. The number of aliphatic hydroxyl groups excluding tert-OH is 3. The van der Waals surface area contributed by atoms with Gasteiger partial charge in [-0.1, -0.05) is 0 Å². The zero-order chi connectivity index (χ0) is 25.3. The lowest BCUT2D eigenvalue weighted by atomic mass is 9.99. The number of hydrogen-bond donors (Lipinski definition) is 6. The number of benzene rings is 2. The van der Waals surface area contributed by atoms with E-state index in [-0.39, 0.29) is 5.75 Å². The average Bonchev–Trinajstić information content (AvgIpc) is 3.64. The quantitative estimate of drug-likeness (QED) is 0.301. The fraction of sp³-hybridized carbons (Fsp3) is 0.348. The van der Waals surface area contributed by atoms with Crippen LogP contribution in [0, 0.1) is 11.2 Å². The van der Waals surface area contributed by atoms with Gasteiger partial charge in [0.15, 0.2) is 6.10 Å². The summed E-state index contributed by atoms with van der Waals surface area (Å²) in [5.74, 6) is -2.88. The van der Waals surface area contributed by atoms with Gasteiger partial charge in [0.25, 0.3) is 0 Å². The highest BCUT2D eigenvalue weighted by Gasteiger charge is 2.56. The smallest absolute Gasteiger partial charge is 0.335 e. The second-order valence-corrected chi connectivity index (χ2v) is 8.37. The number of aliphatic hydroxyl groups is 3. The lowest BCUT2D eigenvalue weighted by Crippen LogP contribution is -2.61. The lowest BCUT2D eigenvalue weighted by molar-refractivity contribution is -0.271. The molecule has 6 N–H and O–H groups in total. The van der Waals surface area contributed by atoms with Crippen LogP contribution in [0.5, 0.6) is 5.75 Å². The van der Waals surface area contributed by atoms with Crippen molar-refractivity contribution >= 4 is 29.2 Å². The maximum Gasteiger partial charge on any atom is 0.335 e. The monoisotopic (exact) mass is 490 g/mol. The second kappa shape index (κ2) is 9.58. The molecule has 0 unspecified atom stereocenters. The molecule has 11 nitrogen and oxygen atoms in total. The third-order valence-electron chi connectivity index (χ3n) is 5.90. The SMILES string of the molecule is O=C(O)[C@H]1O[C@@H](Oc2ccc(NC(=O)C3(C(=O)Nc4ccc(F)cc4)CC3)cc2)[C@H](O)[C@@H](O)[C@@H]1O. The number of ether oxygens (including phenoxy) is 2. The van der Waals surface area contributed by atoms with Crippen molar-refractivity contribution < 1.29 is 48.7 Å². The van der Waals surface area contributed by atoms with Crippen molar-refractivity contribution in [3.05, 3.63) is 54.3 Å². The Morgan fingerprint density at radius 1 is 0.857 bits per heavy atom. The summed E-state index contributed by atoms with van der Waals surface area (Å²) in [4.78, 5) is 36.6. The Morgan fingerprint density at radius 3 is 1.86 bits per heavy atom. The Balaban J connectivity index is 1.36. The Labute approximate surface area is 198 Å². The number of carboxylic acids is 1. The molecule has 5 atom stereocenters. The van der Waals surface area contributed by atoms with Crippen LogP contribution >= 0.6 is 0 Å². The summed E-state index contributed by atoms with van der Waals surface area (Å²) < 4.78 is 23.5. The molecule has 35 heavy (non-hydrogen) atoms. The zero-order valence-electron chi connectivity index (χ0n) is 18.1. The van der Waals surface area contributed by atoms with E-state index in [9.17, 15) is 34.1 Å².